The predicted molar refractivity (Wildman–Crippen MR) is 243 cm³/mol. The highest BCUT2D eigenvalue weighted by atomic mass is 16.4. The molecule has 9 atom stereocenters. The summed E-state index contributed by atoms with van der Waals surface area (Å²) in [7, 11) is 0. The number of aliphatic hydroxyl groups is 2. The lowest BCUT2D eigenvalue weighted by atomic mass is 10.0. The largest absolute Gasteiger partial charge is 0.508 e. The molecule has 0 aliphatic carbocycles. The second-order valence-electron chi connectivity index (χ2n) is 16.7. The molecule has 27 nitrogen and oxygen atoms in total. The second-order valence-corrected chi connectivity index (χ2v) is 16.7. The van der Waals surface area contributed by atoms with E-state index in [1.807, 2.05) is 0 Å². The van der Waals surface area contributed by atoms with E-state index in [1.54, 1.807) is 0 Å². The van der Waals surface area contributed by atoms with Crippen LogP contribution in [0.3, 0.4) is 0 Å². The van der Waals surface area contributed by atoms with Gasteiger partial charge in [-0.15, -0.1) is 0 Å². The van der Waals surface area contributed by atoms with E-state index in [-0.39, 0.29) is 50.1 Å². The van der Waals surface area contributed by atoms with Crippen molar-refractivity contribution < 1.29 is 83.4 Å². The summed E-state index contributed by atoms with van der Waals surface area (Å²) in [6.07, 6.45) is -4.52. The van der Waals surface area contributed by atoms with Crippen molar-refractivity contribution in [3.05, 3.63) is 59.7 Å². The highest BCUT2D eigenvalue weighted by Gasteiger charge is 2.40. The van der Waals surface area contributed by atoms with Gasteiger partial charge in [0.2, 0.25) is 53.2 Å². The first kappa shape index (κ1) is 57.4. The molecule has 1 heterocycles. The summed E-state index contributed by atoms with van der Waals surface area (Å²) in [6.45, 7) is -0.113. The molecule has 27 heteroatoms. The van der Waals surface area contributed by atoms with Crippen LogP contribution in [0, 0.1) is 0 Å². The third-order valence-corrected chi connectivity index (χ3v) is 11.1. The Balaban J connectivity index is 1.92. The van der Waals surface area contributed by atoms with Gasteiger partial charge in [0.1, 0.15) is 53.8 Å². The van der Waals surface area contributed by atoms with Gasteiger partial charge >= 0.3 is 11.9 Å². The number of aliphatic hydroxyl groups excluding tert-OH is 2. The number of carboxylic acids is 2. The third-order valence-electron chi connectivity index (χ3n) is 11.1. The molecule has 3 rings (SSSR count). The Labute approximate surface area is 405 Å². The van der Waals surface area contributed by atoms with Gasteiger partial charge in [0.05, 0.1) is 25.2 Å². The molecule has 0 saturated carbocycles. The number of carboxylic acid groups (broad SMARTS) is 2. The van der Waals surface area contributed by atoms with Crippen LogP contribution < -0.4 is 49.1 Å². The number of likely N-dealkylation sites (tertiary alicyclic amines) is 1. The first-order valence-corrected chi connectivity index (χ1v) is 22.1. The van der Waals surface area contributed by atoms with E-state index in [2.05, 4.69) is 31.9 Å². The number of phenols is 2. The number of rotatable bonds is 28. The summed E-state index contributed by atoms with van der Waals surface area (Å²) in [5.74, 6) is -12.7. The Bertz CT molecular complexity index is 2260. The quantitative estimate of drug-likeness (QED) is 0.0378. The first-order chi connectivity index (χ1) is 33.4. The van der Waals surface area contributed by atoms with Gasteiger partial charge in [0.25, 0.3) is 0 Å². The Kier molecular flexibility index (Phi) is 22.1. The van der Waals surface area contributed by atoms with Crippen molar-refractivity contribution in [3.8, 4) is 11.5 Å². The van der Waals surface area contributed by atoms with E-state index in [4.69, 9.17) is 17.2 Å². The monoisotopic (exact) mass is 1000 g/mol. The summed E-state index contributed by atoms with van der Waals surface area (Å²) in [6, 6.07) is -2.66. The van der Waals surface area contributed by atoms with Crippen molar-refractivity contribution in [1.29, 1.82) is 0 Å². The molecule has 388 valence electrons. The van der Waals surface area contributed by atoms with E-state index >= 15 is 0 Å². The van der Waals surface area contributed by atoms with Gasteiger partial charge < -0.3 is 84.6 Å². The fraction of sp³-hybridized carbons (Fsp3) is 0.477. The van der Waals surface area contributed by atoms with Crippen LogP contribution in [0.2, 0.25) is 0 Å². The maximum atomic E-state index is 14.3. The van der Waals surface area contributed by atoms with Gasteiger partial charge in [0, 0.05) is 32.2 Å². The summed E-state index contributed by atoms with van der Waals surface area (Å²) in [4.78, 5) is 143. The lowest BCUT2D eigenvalue weighted by Gasteiger charge is -2.29. The number of aliphatic carboxylic acids is 2. The third kappa shape index (κ3) is 18.5. The van der Waals surface area contributed by atoms with E-state index in [0.717, 1.165) is 11.8 Å². The number of primary amides is 2. The number of hydrogen-bond donors (Lipinski definition) is 15. The van der Waals surface area contributed by atoms with Gasteiger partial charge in [-0.05, 0) is 68.0 Å². The molecule has 1 fully saturated rings. The van der Waals surface area contributed by atoms with Gasteiger partial charge in [-0.3, -0.25) is 47.9 Å². The average Bonchev–Trinajstić information content (AvgIpc) is 3.81. The van der Waals surface area contributed by atoms with Crippen molar-refractivity contribution in [2.24, 2.45) is 17.2 Å². The molecule has 2 aromatic carbocycles. The average molecular weight is 1000 g/mol. The van der Waals surface area contributed by atoms with Crippen LogP contribution >= 0.6 is 0 Å². The van der Waals surface area contributed by atoms with Crippen LogP contribution in [-0.4, -0.2) is 168 Å². The molecule has 1 saturated heterocycles. The van der Waals surface area contributed by atoms with Crippen LogP contribution in [0.4, 0.5) is 0 Å². The summed E-state index contributed by atoms with van der Waals surface area (Å²) >= 11 is 0. The number of aromatic hydroxyl groups is 2. The fourth-order valence-corrected chi connectivity index (χ4v) is 7.21. The Morgan fingerprint density at radius 3 is 1.52 bits per heavy atom. The molecule has 9 amide bonds. The van der Waals surface area contributed by atoms with Crippen molar-refractivity contribution in [2.45, 2.75) is 119 Å². The molecule has 0 bridgehead atoms. The SMILES string of the molecule is C[C@@H](O)[C@H](NC(=O)[C@H](CO)NC(=O)[C@H](CCC(N)=O)NC(=O)[C@@H](N)CCC(N)=O)C(=O)N[C@@H](Cc1ccc(O)cc1)C(=O)N[C@@H](Cc1ccc(O)cc1)C(=O)N[C@@H](CC(=O)O)C(=O)N1CCC[C@H]1C(=O)O. The number of benzene rings is 2. The number of nitrogens with zero attached hydrogens (tertiary/aromatic N) is 1. The van der Waals surface area contributed by atoms with E-state index in [9.17, 15) is 83.4 Å². The number of nitrogens with two attached hydrogens (primary N) is 3. The van der Waals surface area contributed by atoms with Crippen LogP contribution in [-0.2, 0) is 65.6 Å². The minimum atomic E-state index is -1.95. The number of nitrogens with one attached hydrogen (secondary N) is 6. The van der Waals surface area contributed by atoms with Crippen molar-refractivity contribution in [1.82, 2.24) is 36.8 Å². The molecular formula is C44H60N10O17. The highest BCUT2D eigenvalue weighted by Crippen LogP contribution is 2.20. The van der Waals surface area contributed by atoms with Gasteiger partial charge in [0.15, 0.2) is 0 Å². The molecule has 0 spiro atoms. The van der Waals surface area contributed by atoms with Gasteiger partial charge in [-0.25, -0.2) is 4.79 Å². The number of carbonyl (C=O) groups is 11. The van der Waals surface area contributed by atoms with Crippen molar-refractivity contribution >= 4 is 65.1 Å². The first-order valence-electron chi connectivity index (χ1n) is 22.1. The number of carbonyl (C=O) groups excluding carboxylic acids is 9. The van der Waals surface area contributed by atoms with Crippen LogP contribution in [0.25, 0.3) is 0 Å². The molecular weight excluding hydrogens is 941 g/mol. The molecule has 0 radical (unpaired) electrons. The zero-order valence-corrected chi connectivity index (χ0v) is 38.4. The van der Waals surface area contributed by atoms with E-state index in [1.165, 1.54) is 48.5 Å². The topological polar surface area (TPSA) is 463 Å². The van der Waals surface area contributed by atoms with Crippen molar-refractivity contribution in [3.63, 3.8) is 0 Å². The smallest absolute Gasteiger partial charge is 0.326 e. The number of phenolic OH excluding ortho intramolecular Hbond substituents is 2. The van der Waals surface area contributed by atoms with Gasteiger partial charge in [-0.2, -0.15) is 0 Å². The standard InChI is InChI=1S/C44H60N10O17/c1-21(56)36(53-41(67)31(20-55)52-38(64)27(13-15-34(47)60)48-37(63)26(45)12-14-33(46)59)42(68)50-29(18-23-6-10-25(58)11-7-23)39(65)49-28(17-22-4-8-24(57)9-5-22)40(66)51-30(19-35(61)62)43(69)54-16-2-3-32(54)44(70)71/h4-11,21,26-32,36,55-58H,2-3,12-20,45H2,1H3,(H2,46,59)(H2,47,60)(H,48,63)(H,49,65)(H,50,68)(H,51,66)(H,52,64)(H,53,67)(H,61,62)(H,70,71)/t21-,26+,27+,28+,29+,30+,31+,32+,36+/m1/s1. The maximum Gasteiger partial charge on any atom is 0.326 e. The second kappa shape index (κ2) is 27.3. The summed E-state index contributed by atoms with van der Waals surface area (Å²) < 4.78 is 0. The molecule has 0 unspecified atom stereocenters. The molecule has 2 aromatic rings. The molecule has 1 aliphatic heterocycles. The maximum absolute atomic E-state index is 14.3. The van der Waals surface area contributed by atoms with E-state index < -0.39 is 152 Å². The minimum absolute atomic E-state index is 0.0484. The fourth-order valence-electron chi connectivity index (χ4n) is 7.21. The molecule has 1 aliphatic rings. The normalized spacial score (nSPS) is 16.5. The molecule has 18 N–H and O–H groups in total. The Morgan fingerprint density at radius 2 is 1.06 bits per heavy atom. The number of amides is 9. The molecule has 71 heavy (non-hydrogen) atoms. The predicted octanol–water partition coefficient (Wildman–Crippen LogP) is -5.43. The van der Waals surface area contributed by atoms with E-state index in [0.29, 0.717) is 11.1 Å². The summed E-state index contributed by atoms with van der Waals surface area (Å²) in [5.41, 5.74) is 16.7. The summed E-state index contributed by atoms with van der Waals surface area (Å²) in [5, 5.41) is 73.8. The van der Waals surface area contributed by atoms with Crippen LogP contribution in [0.15, 0.2) is 48.5 Å². The number of hydrogen-bond acceptors (Lipinski definition) is 16. The van der Waals surface area contributed by atoms with Crippen LogP contribution in [0.1, 0.15) is 63.0 Å². The lowest BCUT2D eigenvalue weighted by molar-refractivity contribution is -0.150. The van der Waals surface area contributed by atoms with Crippen molar-refractivity contribution in [2.75, 3.05) is 13.2 Å². The zero-order chi connectivity index (χ0) is 53.1. The van der Waals surface area contributed by atoms with Gasteiger partial charge in [-0.1, -0.05) is 24.3 Å². The zero-order valence-electron chi connectivity index (χ0n) is 38.4. The lowest BCUT2D eigenvalue weighted by Crippen LogP contribution is -2.62. The molecule has 0 aromatic heterocycles. The Hall–Kier alpha value is -7.91. The van der Waals surface area contributed by atoms with Crippen LogP contribution in [0.5, 0.6) is 11.5 Å². The minimum Gasteiger partial charge on any atom is -0.508 e. The Morgan fingerprint density at radius 1 is 0.620 bits per heavy atom. The highest BCUT2D eigenvalue weighted by molar-refractivity contribution is 5.98.